The molecule has 2 aromatic rings. The van der Waals surface area contributed by atoms with Crippen molar-refractivity contribution < 1.29 is 13.2 Å². The number of alkyl halides is 3. The van der Waals surface area contributed by atoms with E-state index < -0.39 is 11.7 Å². The van der Waals surface area contributed by atoms with E-state index in [0.29, 0.717) is 13.1 Å². The van der Waals surface area contributed by atoms with Gasteiger partial charge >= 0.3 is 6.18 Å². The quantitative estimate of drug-likeness (QED) is 0.941. The van der Waals surface area contributed by atoms with E-state index in [1.54, 1.807) is 18.7 Å². The molecule has 2 heterocycles. The molecule has 2 aromatic heterocycles. The van der Waals surface area contributed by atoms with Crippen LogP contribution in [0, 0.1) is 0 Å². The molecule has 0 saturated heterocycles. The Kier molecular flexibility index (Phi) is 3.94. The summed E-state index contributed by atoms with van der Waals surface area (Å²) in [6.45, 7) is 1.09. The molecule has 0 aliphatic heterocycles. The summed E-state index contributed by atoms with van der Waals surface area (Å²) in [5.74, 6) is 0.231. The largest absolute Gasteiger partial charge is 0.417 e. The number of rotatable bonds is 4. The van der Waals surface area contributed by atoms with Gasteiger partial charge in [0.2, 0.25) is 0 Å². The summed E-state index contributed by atoms with van der Waals surface area (Å²) in [7, 11) is 0. The highest BCUT2D eigenvalue weighted by Crippen LogP contribution is 2.32. The van der Waals surface area contributed by atoms with E-state index in [1.807, 2.05) is 4.57 Å². The molecule has 102 valence electrons. The molecule has 0 aromatic carbocycles. The van der Waals surface area contributed by atoms with Gasteiger partial charge in [-0.15, -0.1) is 0 Å². The van der Waals surface area contributed by atoms with Crippen molar-refractivity contribution in [3.05, 3.63) is 41.6 Å². The minimum Gasteiger partial charge on any atom is -0.367 e. The van der Waals surface area contributed by atoms with Crippen LogP contribution in [-0.4, -0.2) is 21.1 Å². The Morgan fingerprint density at radius 2 is 2.16 bits per heavy atom. The van der Waals surface area contributed by atoms with Gasteiger partial charge in [0, 0.05) is 31.7 Å². The molecule has 0 unspecified atom stereocenters. The summed E-state index contributed by atoms with van der Waals surface area (Å²) >= 11 is 5.75. The summed E-state index contributed by atoms with van der Waals surface area (Å²) in [5, 5.41) is 2.82. The summed E-state index contributed by atoms with van der Waals surface area (Å²) in [6.07, 6.45) is 1.38. The van der Waals surface area contributed by atoms with Crippen molar-refractivity contribution in [2.75, 3.05) is 11.9 Å². The van der Waals surface area contributed by atoms with E-state index >= 15 is 0 Å². The maximum Gasteiger partial charge on any atom is 0.417 e. The molecule has 0 aliphatic rings. The van der Waals surface area contributed by atoms with Crippen molar-refractivity contribution in [3.63, 3.8) is 0 Å². The zero-order valence-corrected chi connectivity index (χ0v) is 10.4. The normalized spacial score (nSPS) is 11.6. The smallest absolute Gasteiger partial charge is 0.367 e. The molecule has 8 heteroatoms. The fourth-order valence-corrected chi connectivity index (χ4v) is 1.68. The van der Waals surface area contributed by atoms with Gasteiger partial charge in [-0.1, -0.05) is 11.6 Å². The molecule has 0 radical (unpaired) electrons. The number of pyridine rings is 1. The van der Waals surface area contributed by atoms with Crippen molar-refractivity contribution in [1.82, 2.24) is 14.5 Å². The predicted octanol–water partition coefficient (Wildman–Crippen LogP) is 3.06. The third-order valence-electron chi connectivity index (χ3n) is 2.39. The van der Waals surface area contributed by atoms with Gasteiger partial charge in [-0.25, -0.2) is 9.97 Å². The molecule has 0 aliphatic carbocycles. The lowest BCUT2D eigenvalue weighted by molar-refractivity contribution is -0.137. The fourth-order valence-electron chi connectivity index (χ4n) is 1.45. The molecule has 0 fully saturated rings. The highest BCUT2D eigenvalue weighted by molar-refractivity contribution is 6.32. The number of anilines is 1. The first kappa shape index (κ1) is 13.7. The molecule has 0 bridgehead atoms. The highest BCUT2D eigenvalue weighted by atomic mass is 35.5. The maximum atomic E-state index is 12.4. The number of imidazole rings is 1. The Labute approximate surface area is 112 Å². The van der Waals surface area contributed by atoms with Crippen molar-refractivity contribution in [1.29, 1.82) is 0 Å². The lowest BCUT2D eigenvalue weighted by atomic mass is 10.3. The molecule has 1 N–H and O–H groups in total. The van der Waals surface area contributed by atoms with Crippen LogP contribution in [0.15, 0.2) is 31.0 Å². The molecular weight excluding hydrogens is 281 g/mol. The molecule has 2 rings (SSSR count). The molecule has 19 heavy (non-hydrogen) atoms. The van der Waals surface area contributed by atoms with E-state index in [9.17, 15) is 13.2 Å². The Morgan fingerprint density at radius 1 is 1.37 bits per heavy atom. The van der Waals surface area contributed by atoms with Crippen LogP contribution < -0.4 is 5.32 Å². The standard InChI is InChI=1S/C11H10ClF3N4/c12-9-5-8(11(13,14)15)6-18-10(9)17-2-4-19-3-1-16-7-19/h1,3,5-7H,2,4H2,(H,17,18). The average Bonchev–Trinajstić information content (AvgIpc) is 2.83. The van der Waals surface area contributed by atoms with Gasteiger partial charge in [-0.3, -0.25) is 0 Å². The summed E-state index contributed by atoms with van der Waals surface area (Å²) in [5.41, 5.74) is -0.863. The van der Waals surface area contributed by atoms with Crippen LogP contribution in [0.4, 0.5) is 19.0 Å². The lowest BCUT2D eigenvalue weighted by Crippen LogP contribution is -2.12. The predicted molar refractivity (Wildman–Crippen MR) is 65.0 cm³/mol. The van der Waals surface area contributed by atoms with Crippen molar-refractivity contribution in [2.24, 2.45) is 0 Å². The lowest BCUT2D eigenvalue weighted by Gasteiger charge is -2.10. The summed E-state index contributed by atoms with van der Waals surface area (Å²) in [6, 6.07) is 0.855. The second kappa shape index (κ2) is 5.48. The fraction of sp³-hybridized carbons (Fsp3) is 0.273. The van der Waals surface area contributed by atoms with Crippen LogP contribution in [-0.2, 0) is 12.7 Å². The first-order chi connectivity index (χ1) is 8.97. The van der Waals surface area contributed by atoms with Crippen molar-refractivity contribution in [3.8, 4) is 0 Å². The van der Waals surface area contributed by atoms with Gasteiger partial charge in [0.15, 0.2) is 0 Å². The number of hydrogen-bond donors (Lipinski definition) is 1. The second-order valence-corrected chi connectivity index (χ2v) is 4.19. The Morgan fingerprint density at radius 3 is 2.74 bits per heavy atom. The topological polar surface area (TPSA) is 42.7 Å². The van der Waals surface area contributed by atoms with Gasteiger partial charge < -0.3 is 9.88 Å². The minimum atomic E-state index is -4.44. The Bertz CT molecular complexity index is 539. The van der Waals surface area contributed by atoms with Crippen LogP contribution in [0.5, 0.6) is 0 Å². The van der Waals surface area contributed by atoms with Gasteiger partial charge in [-0.05, 0) is 6.07 Å². The SMILES string of the molecule is FC(F)(F)c1cnc(NCCn2ccnc2)c(Cl)c1. The Hall–Kier alpha value is -1.76. The van der Waals surface area contributed by atoms with Crippen molar-refractivity contribution >= 4 is 17.4 Å². The average molecular weight is 291 g/mol. The number of halogens is 4. The first-order valence-corrected chi connectivity index (χ1v) is 5.77. The van der Waals surface area contributed by atoms with Gasteiger partial charge in [-0.2, -0.15) is 13.2 Å². The van der Waals surface area contributed by atoms with Gasteiger partial charge in [0.25, 0.3) is 0 Å². The minimum absolute atomic E-state index is 0.0551. The second-order valence-electron chi connectivity index (χ2n) is 3.78. The monoisotopic (exact) mass is 290 g/mol. The molecular formula is C11H10ClF3N4. The van der Waals surface area contributed by atoms with Gasteiger partial charge in [0.1, 0.15) is 5.82 Å². The van der Waals surface area contributed by atoms with Crippen LogP contribution in [0.3, 0.4) is 0 Å². The molecule has 0 amide bonds. The van der Waals surface area contributed by atoms with E-state index in [0.717, 1.165) is 12.3 Å². The van der Waals surface area contributed by atoms with E-state index in [4.69, 9.17) is 11.6 Å². The van der Waals surface area contributed by atoms with E-state index in [-0.39, 0.29) is 10.8 Å². The number of nitrogens with zero attached hydrogens (tertiary/aromatic N) is 3. The van der Waals surface area contributed by atoms with Gasteiger partial charge in [0.05, 0.1) is 16.9 Å². The van der Waals surface area contributed by atoms with Crippen LogP contribution in [0.2, 0.25) is 5.02 Å². The molecule has 0 spiro atoms. The summed E-state index contributed by atoms with van der Waals surface area (Å²) in [4.78, 5) is 7.55. The zero-order valence-electron chi connectivity index (χ0n) is 9.65. The van der Waals surface area contributed by atoms with Crippen LogP contribution in [0.1, 0.15) is 5.56 Å². The van der Waals surface area contributed by atoms with Crippen LogP contribution >= 0.6 is 11.6 Å². The number of nitrogens with one attached hydrogen (secondary N) is 1. The van der Waals surface area contributed by atoms with E-state index in [1.165, 1.54) is 0 Å². The molecule has 0 saturated carbocycles. The van der Waals surface area contributed by atoms with Crippen molar-refractivity contribution in [2.45, 2.75) is 12.7 Å². The van der Waals surface area contributed by atoms with Crippen LogP contribution in [0.25, 0.3) is 0 Å². The first-order valence-electron chi connectivity index (χ1n) is 5.39. The number of hydrogen-bond acceptors (Lipinski definition) is 3. The van der Waals surface area contributed by atoms with E-state index in [2.05, 4.69) is 15.3 Å². The molecule has 4 nitrogen and oxygen atoms in total. The zero-order chi connectivity index (χ0) is 13.9. The third-order valence-corrected chi connectivity index (χ3v) is 2.68. The highest BCUT2D eigenvalue weighted by Gasteiger charge is 2.31. The molecule has 0 atom stereocenters. The summed E-state index contributed by atoms with van der Waals surface area (Å²) < 4.78 is 39.0. The Balaban J connectivity index is 1.97. The number of aromatic nitrogens is 3. The third kappa shape index (κ3) is 3.60. The maximum absolute atomic E-state index is 12.4.